The van der Waals surface area contributed by atoms with Gasteiger partial charge in [-0.1, -0.05) is 0 Å². The molecular formula is C18H18N4O2. The minimum Gasteiger partial charge on any atom is -0.426 e. The number of hydrogen-bond donors (Lipinski definition) is 2. The van der Waals surface area contributed by atoms with Crippen molar-refractivity contribution in [2.75, 3.05) is 5.32 Å². The van der Waals surface area contributed by atoms with Crippen molar-refractivity contribution in [1.82, 2.24) is 14.7 Å². The maximum Gasteiger partial charge on any atom is 0.221 e. The van der Waals surface area contributed by atoms with E-state index in [0.29, 0.717) is 22.9 Å². The van der Waals surface area contributed by atoms with Gasteiger partial charge in [0.2, 0.25) is 5.91 Å². The average Bonchev–Trinajstić information content (AvgIpc) is 2.82. The number of hydrogen-bond acceptors (Lipinski definition) is 4. The lowest BCUT2D eigenvalue weighted by molar-refractivity contribution is -0.114. The highest BCUT2D eigenvalue weighted by Gasteiger charge is 2.18. The van der Waals surface area contributed by atoms with Crippen molar-refractivity contribution >= 4 is 11.6 Å². The van der Waals surface area contributed by atoms with Gasteiger partial charge in [-0.25, -0.2) is 4.98 Å². The maximum atomic E-state index is 11.2. The molecule has 0 aliphatic carbocycles. The van der Waals surface area contributed by atoms with Crippen molar-refractivity contribution < 1.29 is 10.0 Å². The van der Waals surface area contributed by atoms with Gasteiger partial charge in [-0.3, -0.25) is 9.78 Å². The molecule has 0 unspecified atom stereocenters. The van der Waals surface area contributed by atoms with Gasteiger partial charge in [-0.05, 0) is 49.7 Å². The number of nitrogens with zero attached hydrogens (tertiary/aromatic N) is 3. The van der Waals surface area contributed by atoms with Gasteiger partial charge < -0.3 is 10.5 Å². The Morgan fingerprint density at radius 3 is 2.67 bits per heavy atom. The van der Waals surface area contributed by atoms with Gasteiger partial charge in [0.15, 0.2) is 5.82 Å². The Bertz CT molecular complexity index is 901. The molecule has 2 N–H and O–H groups in total. The maximum absolute atomic E-state index is 11.2. The zero-order valence-corrected chi connectivity index (χ0v) is 13.7. The van der Waals surface area contributed by atoms with Crippen molar-refractivity contribution in [2.24, 2.45) is 0 Å². The molecule has 0 aliphatic rings. The summed E-state index contributed by atoms with van der Waals surface area (Å²) in [7, 11) is 0. The molecule has 1 aromatic carbocycles. The zero-order chi connectivity index (χ0) is 17.3. The second-order valence-corrected chi connectivity index (χ2v) is 5.63. The first kappa shape index (κ1) is 15.7. The minimum atomic E-state index is -0.125. The molecule has 3 rings (SSSR count). The minimum absolute atomic E-state index is 0.125. The number of rotatable bonds is 3. The number of nitrogens with one attached hydrogen (secondary N) is 1. The Morgan fingerprint density at radius 2 is 2.04 bits per heavy atom. The van der Waals surface area contributed by atoms with E-state index in [4.69, 9.17) is 0 Å². The first-order valence-corrected chi connectivity index (χ1v) is 7.55. The van der Waals surface area contributed by atoms with Crippen LogP contribution in [0, 0.1) is 13.8 Å². The number of carbonyl (C=O) groups is 1. The van der Waals surface area contributed by atoms with Gasteiger partial charge in [0, 0.05) is 36.1 Å². The molecule has 2 heterocycles. The van der Waals surface area contributed by atoms with Gasteiger partial charge in [0.25, 0.3) is 0 Å². The van der Waals surface area contributed by atoms with Gasteiger partial charge >= 0.3 is 0 Å². The summed E-state index contributed by atoms with van der Waals surface area (Å²) >= 11 is 0. The molecule has 2 aromatic heterocycles. The van der Waals surface area contributed by atoms with Crippen molar-refractivity contribution in [1.29, 1.82) is 0 Å². The number of carbonyl (C=O) groups excluding carboxylic acids is 1. The fourth-order valence-electron chi connectivity index (χ4n) is 2.72. The lowest BCUT2D eigenvalue weighted by Gasteiger charge is -2.09. The summed E-state index contributed by atoms with van der Waals surface area (Å²) in [6.45, 7) is 5.22. The van der Waals surface area contributed by atoms with Gasteiger partial charge in [0.1, 0.15) is 5.69 Å². The van der Waals surface area contributed by atoms with Crippen molar-refractivity contribution in [3.05, 3.63) is 54.0 Å². The second kappa shape index (κ2) is 6.16. The molecule has 0 fully saturated rings. The molecule has 0 atom stereocenters. The van der Waals surface area contributed by atoms with Crippen LogP contribution in [0.5, 0.6) is 0 Å². The summed E-state index contributed by atoms with van der Waals surface area (Å²) in [5, 5.41) is 13.4. The van der Waals surface area contributed by atoms with Gasteiger partial charge in [-0.2, -0.15) is 4.73 Å². The van der Waals surface area contributed by atoms with Crippen molar-refractivity contribution in [2.45, 2.75) is 20.8 Å². The standard InChI is InChI=1S/C18H18N4O2/c1-11-9-15(21-13(3)23)6-7-16(11)18-20-12(2)17(22(18)24)14-5-4-8-19-10-14/h4-10,24H,1-3H3,(H,21,23). The largest absolute Gasteiger partial charge is 0.426 e. The number of aryl methyl sites for hydroxylation is 2. The molecule has 0 spiro atoms. The van der Waals surface area contributed by atoms with Crippen LogP contribution in [0.3, 0.4) is 0 Å². The predicted molar refractivity (Wildman–Crippen MR) is 91.9 cm³/mol. The predicted octanol–water partition coefficient (Wildman–Crippen LogP) is 3.42. The van der Waals surface area contributed by atoms with E-state index in [-0.39, 0.29) is 5.91 Å². The molecule has 122 valence electrons. The SMILES string of the molecule is CC(=O)Nc1ccc(-c2nc(C)c(-c3cccnc3)n2O)c(C)c1. The molecule has 24 heavy (non-hydrogen) atoms. The summed E-state index contributed by atoms with van der Waals surface area (Å²) in [4.78, 5) is 19.8. The summed E-state index contributed by atoms with van der Waals surface area (Å²) in [5.74, 6) is 0.332. The summed E-state index contributed by atoms with van der Waals surface area (Å²) in [6, 6.07) is 9.17. The van der Waals surface area contributed by atoms with E-state index in [1.807, 2.05) is 38.1 Å². The summed E-state index contributed by atoms with van der Waals surface area (Å²) in [5.41, 5.74) is 4.53. The molecular weight excluding hydrogens is 304 g/mol. The Balaban J connectivity index is 2.07. The van der Waals surface area contributed by atoms with Crippen LogP contribution in [-0.2, 0) is 4.79 Å². The molecule has 3 aromatic rings. The van der Waals surface area contributed by atoms with E-state index in [9.17, 15) is 10.0 Å². The van der Waals surface area contributed by atoms with Crippen LogP contribution in [0.15, 0.2) is 42.7 Å². The third-order valence-corrected chi connectivity index (χ3v) is 3.75. The number of pyridine rings is 1. The van der Waals surface area contributed by atoms with Crippen LogP contribution in [-0.4, -0.2) is 25.8 Å². The normalized spacial score (nSPS) is 10.6. The second-order valence-electron chi connectivity index (χ2n) is 5.63. The smallest absolute Gasteiger partial charge is 0.221 e. The van der Waals surface area contributed by atoms with Crippen LogP contribution >= 0.6 is 0 Å². The number of aromatic nitrogens is 3. The highest BCUT2D eigenvalue weighted by atomic mass is 16.5. The number of amides is 1. The highest BCUT2D eigenvalue weighted by Crippen LogP contribution is 2.30. The van der Waals surface area contributed by atoms with Crippen LogP contribution < -0.4 is 5.32 Å². The van der Waals surface area contributed by atoms with E-state index >= 15 is 0 Å². The number of anilines is 1. The lowest BCUT2D eigenvalue weighted by Crippen LogP contribution is -2.06. The van der Waals surface area contributed by atoms with E-state index in [1.165, 1.54) is 6.92 Å². The van der Waals surface area contributed by atoms with Crippen LogP contribution in [0.2, 0.25) is 0 Å². The molecule has 6 heteroatoms. The van der Waals surface area contributed by atoms with E-state index in [2.05, 4.69) is 15.3 Å². The molecule has 1 amide bonds. The van der Waals surface area contributed by atoms with Gasteiger partial charge in [-0.15, -0.1) is 0 Å². The van der Waals surface area contributed by atoms with E-state index in [1.54, 1.807) is 18.5 Å². The monoisotopic (exact) mass is 322 g/mol. The Labute approximate surface area is 139 Å². The molecule has 0 saturated carbocycles. The quantitative estimate of drug-likeness (QED) is 0.724. The molecule has 6 nitrogen and oxygen atoms in total. The number of imidazole rings is 1. The third kappa shape index (κ3) is 2.86. The van der Waals surface area contributed by atoms with E-state index in [0.717, 1.165) is 21.4 Å². The zero-order valence-electron chi connectivity index (χ0n) is 13.7. The fraction of sp³-hybridized carbons (Fsp3) is 0.167. The van der Waals surface area contributed by atoms with Crippen molar-refractivity contribution in [3.8, 4) is 22.6 Å². The molecule has 0 radical (unpaired) electrons. The number of benzene rings is 1. The molecule has 0 aliphatic heterocycles. The molecule has 0 bridgehead atoms. The average molecular weight is 322 g/mol. The summed E-state index contributed by atoms with van der Waals surface area (Å²) < 4.78 is 1.09. The Hall–Kier alpha value is -3.15. The first-order valence-electron chi connectivity index (χ1n) is 7.55. The Morgan fingerprint density at radius 1 is 1.25 bits per heavy atom. The van der Waals surface area contributed by atoms with Crippen LogP contribution in [0.25, 0.3) is 22.6 Å². The fourth-order valence-corrected chi connectivity index (χ4v) is 2.72. The van der Waals surface area contributed by atoms with Crippen molar-refractivity contribution in [3.63, 3.8) is 0 Å². The topological polar surface area (TPSA) is 80.0 Å². The van der Waals surface area contributed by atoms with Gasteiger partial charge in [0.05, 0.1) is 5.69 Å². The Kier molecular flexibility index (Phi) is 4.04. The third-order valence-electron chi connectivity index (χ3n) is 3.75. The molecule has 0 saturated heterocycles. The van der Waals surface area contributed by atoms with Crippen LogP contribution in [0.1, 0.15) is 18.2 Å². The highest BCUT2D eigenvalue weighted by molar-refractivity contribution is 5.89. The van der Waals surface area contributed by atoms with Crippen LogP contribution in [0.4, 0.5) is 5.69 Å². The van der Waals surface area contributed by atoms with E-state index < -0.39 is 0 Å². The lowest BCUT2D eigenvalue weighted by atomic mass is 10.1. The summed E-state index contributed by atoms with van der Waals surface area (Å²) in [6.07, 6.45) is 3.37. The first-order chi connectivity index (χ1) is 11.5.